The molecule has 152 valence electrons. The summed E-state index contributed by atoms with van der Waals surface area (Å²) >= 11 is 7.94. The fourth-order valence-corrected chi connectivity index (χ4v) is 4.42. The number of fused-ring (bicyclic) bond motifs is 2. The molecular weight excluding hydrogens is 430 g/mol. The molecule has 0 saturated heterocycles. The van der Waals surface area contributed by atoms with E-state index in [9.17, 15) is 0 Å². The van der Waals surface area contributed by atoms with Crippen LogP contribution in [0.25, 0.3) is 32.2 Å². The summed E-state index contributed by atoms with van der Waals surface area (Å²) in [7, 11) is 1.62. The van der Waals surface area contributed by atoms with Crippen LogP contribution in [-0.4, -0.2) is 28.3 Å². The van der Waals surface area contributed by atoms with E-state index in [1.54, 1.807) is 24.7 Å². The molecule has 5 rings (SSSR count). The molecule has 3 heterocycles. The lowest BCUT2D eigenvalue weighted by atomic mass is 10.1. The van der Waals surface area contributed by atoms with Crippen LogP contribution in [0, 0.1) is 0 Å². The van der Waals surface area contributed by atoms with Crippen molar-refractivity contribution in [2.45, 2.75) is 0 Å². The van der Waals surface area contributed by atoms with Gasteiger partial charge in [-0.15, -0.1) is 11.3 Å². The zero-order chi connectivity index (χ0) is 21.2. The molecule has 0 atom stereocenters. The van der Waals surface area contributed by atoms with Crippen LogP contribution >= 0.6 is 22.9 Å². The maximum atomic E-state index is 6.37. The van der Waals surface area contributed by atoms with Crippen LogP contribution in [-0.2, 0) is 0 Å². The molecule has 0 fully saturated rings. The van der Waals surface area contributed by atoms with Gasteiger partial charge in [-0.05, 0) is 23.8 Å². The summed E-state index contributed by atoms with van der Waals surface area (Å²) in [5.74, 6) is 1.37. The van der Waals surface area contributed by atoms with E-state index in [1.165, 1.54) is 6.33 Å². The van der Waals surface area contributed by atoms with E-state index < -0.39 is 0 Å². The minimum Gasteiger partial charge on any atom is -0.497 e. The van der Waals surface area contributed by atoms with Gasteiger partial charge in [0, 0.05) is 28.0 Å². The van der Waals surface area contributed by atoms with Crippen LogP contribution in [0.2, 0.25) is 5.15 Å². The maximum absolute atomic E-state index is 6.37. The minimum absolute atomic E-state index is 0.361. The highest BCUT2D eigenvalue weighted by molar-refractivity contribution is 7.17. The van der Waals surface area contributed by atoms with Gasteiger partial charge < -0.3 is 4.74 Å². The van der Waals surface area contributed by atoms with Crippen molar-refractivity contribution in [2.24, 2.45) is 5.10 Å². The molecule has 3 aromatic heterocycles. The van der Waals surface area contributed by atoms with Crippen LogP contribution in [0.3, 0.4) is 0 Å². The number of methoxy groups -OCH3 is 1. The Bertz CT molecular complexity index is 1420. The Kier molecular flexibility index (Phi) is 5.19. The molecule has 1 N–H and O–H groups in total. The van der Waals surface area contributed by atoms with Crippen molar-refractivity contribution < 1.29 is 4.74 Å². The highest BCUT2D eigenvalue weighted by Gasteiger charge is 2.12. The number of nitrogens with zero attached hydrogens (tertiary/aromatic N) is 4. The van der Waals surface area contributed by atoms with Gasteiger partial charge >= 0.3 is 0 Å². The lowest BCUT2D eigenvalue weighted by molar-refractivity contribution is 0.415. The third-order valence-electron chi connectivity index (χ3n) is 4.83. The first-order chi connectivity index (χ1) is 15.2. The van der Waals surface area contributed by atoms with Gasteiger partial charge in [-0.2, -0.15) is 5.10 Å². The standard InChI is InChI=1S/C23H16ClN5OS/c1-30-17-8-7-15-9-16(21(24)28-19(15)10-17)11-27-29-22-20-18(14-5-3-2-4-6-14)12-31-23(20)26-13-25-22/h2-13H,1H3,(H,25,26,29)/b27-11+. The molecule has 2 aromatic carbocycles. The Hall–Kier alpha value is -3.55. The molecule has 6 nitrogen and oxygen atoms in total. The average Bonchev–Trinajstić information content (AvgIpc) is 3.25. The molecule has 0 spiro atoms. The highest BCUT2D eigenvalue weighted by Crippen LogP contribution is 2.36. The average molecular weight is 446 g/mol. The molecule has 0 radical (unpaired) electrons. The van der Waals surface area contributed by atoms with Gasteiger partial charge in [0.25, 0.3) is 0 Å². The zero-order valence-corrected chi connectivity index (χ0v) is 18.0. The van der Waals surface area contributed by atoms with Gasteiger partial charge in [-0.25, -0.2) is 15.0 Å². The van der Waals surface area contributed by atoms with Gasteiger partial charge in [-0.3, -0.25) is 5.43 Å². The van der Waals surface area contributed by atoms with E-state index in [0.717, 1.165) is 38.0 Å². The number of hydrogen-bond donors (Lipinski definition) is 1. The van der Waals surface area contributed by atoms with Crippen LogP contribution in [0.1, 0.15) is 5.56 Å². The van der Waals surface area contributed by atoms with E-state index in [1.807, 2.05) is 42.5 Å². The van der Waals surface area contributed by atoms with E-state index in [2.05, 4.69) is 43.0 Å². The first-order valence-corrected chi connectivity index (χ1v) is 10.7. The Morgan fingerprint density at radius 2 is 1.97 bits per heavy atom. The van der Waals surface area contributed by atoms with Crippen molar-refractivity contribution in [1.82, 2.24) is 15.0 Å². The molecular formula is C23H16ClN5OS. The molecule has 5 aromatic rings. The first-order valence-electron chi connectivity index (χ1n) is 9.44. The van der Waals surface area contributed by atoms with Gasteiger partial charge in [0.05, 0.1) is 24.2 Å². The molecule has 0 saturated carbocycles. The van der Waals surface area contributed by atoms with Crippen molar-refractivity contribution in [3.05, 3.63) is 77.0 Å². The van der Waals surface area contributed by atoms with Crippen molar-refractivity contribution in [1.29, 1.82) is 0 Å². The van der Waals surface area contributed by atoms with Gasteiger partial charge in [0.1, 0.15) is 22.1 Å². The minimum atomic E-state index is 0.361. The summed E-state index contributed by atoms with van der Waals surface area (Å²) in [5, 5.41) is 8.69. The topological polar surface area (TPSA) is 72.3 Å². The van der Waals surface area contributed by atoms with Crippen LogP contribution in [0.5, 0.6) is 5.75 Å². The molecule has 31 heavy (non-hydrogen) atoms. The lowest BCUT2D eigenvalue weighted by Gasteiger charge is -2.06. The first kappa shape index (κ1) is 19.4. The Balaban J connectivity index is 1.47. The SMILES string of the molecule is COc1ccc2cc(/C=N/Nc3ncnc4scc(-c5ccccc5)c34)c(Cl)nc2c1. The molecule has 0 aliphatic heterocycles. The quantitative estimate of drug-likeness (QED) is 0.203. The molecule has 0 amide bonds. The lowest BCUT2D eigenvalue weighted by Crippen LogP contribution is -1.97. The van der Waals surface area contributed by atoms with Crippen molar-refractivity contribution in [3.8, 4) is 16.9 Å². The largest absolute Gasteiger partial charge is 0.497 e. The van der Waals surface area contributed by atoms with Gasteiger partial charge in [0.2, 0.25) is 0 Å². The smallest absolute Gasteiger partial charge is 0.159 e. The van der Waals surface area contributed by atoms with Crippen LogP contribution in [0.4, 0.5) is 5.82 Å². The predicted molar refractivity (Wildman–Crippen MR) is 127 cm³/mol. The fraction of sp³-hybridized carbons (Fsp3) is 0.0435. The number of nitrogens with one attached hydrogen (secondary N) is 1. The summed E-state index contributed by atoms with van der Waals surface area (Å²) in [6.07, 6.45) is 3.17. The van der Waals surface area contributed by atoms with Crippen molar-refractivity contribution in [3.63, 3.8) is 0 Å². The van der Waals surface area contributed by atoms with Gasteiger partial charge in [-0.1, -0.05) is 41.9 Å². The molecule has 0 aliphatic rings. The molecule has 0 aliphatic carbocycles. The Labute approximate surface area is 187 Å². The van der Waals surface area contributed by atoms with Crippen molar-refractivity contribution in [2.75, 3.05) is 12.5 Å². The molecule has 8 heteroatoms. The number of hydrazone groups is 1. The van der Waals surface area contributed by atoms with E-state index in [-0.39, 0.29) is 0 Å². The zero-order valence-electron chi connectivity index (χ0n) is 16.4. The molecule has 0 unspecified atom stereocenters. The summed E-state index contributed by atoms with van der Waals surface area (Å²) < 4.78 is 5.25. The van der Waals surface area contributed by atoms with E-state index in [4.69, 9.17) is 16.3 Å². The monoisotopic (exact) mass is 445 g/mol. The number of rotatable bonds is 5. The number of pyridine rings is 1. The number of anilines is 1. The third-order valence-corrected chi connectivity index (χ3v) is 6.02. The van der Waals surface area contributed by atoms with Crippen LogP contribution in [0.15, 0.2) is 71.4 Å². The maximum Gasteiger partial charge on any atom is 0.159 e. The van der Waals surface area contributed by atoms with Gasteiger partial charge in [0.15, 0.2) is 5.82 Å². The summed E-state index contributed by atoms with van der Waals surface area (Å²) in [6.45, 7) is 0. The number of thiophene rings is 1. The fourth-order valence-electron chi connectivity index (χ4n) is 3.31. The Morgan fingerprint density at radius 3 is 2.81 bits per heavy atom. The summed E-state index contributed by atoms with van der Waals surface area (Å²) in [5.41, 5.74) is 6.68. The Morgan fingerprint density at radius 1 is 1.10 bits per heavy atom. The number of halogens is 1. The predicted octanol–water partition coefficient (Wildman–Crippen LogP) is 6.01. The summed E-state index contributed by atoms with van der Waals surface area (Å²) in [6, 6.07) is 17.8. The number of benzene rings is 2. The second-order valence-corrected chi connectivity index (χ2v) is 7.93. The third kappa shape index (κ3) is 3.81. The van der Waals surface area contributed by atoms with E-state index >= 15 is 0 Å². The molecule has 0 bridgehead atoms. The number of hydrogen-bond acceptors (Lipinski definition) is 7. The second-order valence-electron chi connectivity index (χ2n) is 6.71. The number of aromatic nitrogens is 3. The number of ether oxygens (including phenoxy) is 1. The second kappa shape index (κ2) is 8.29. The highest BCUT2D eigenvalue weighted by atomic mass is 35.5. The van der Waals surface area contributed by atoms with E-state index in [0.29, 0.717) is 16.5 Å². The van der Waals surface area contributed by atoms with Crippen LogP contribution < -0.4 is 10.2 Å². The normalized spacial score (nSPS) is 11.4. The van der Waals surface area contributed by atoms with Crippen molar-refractivity contribution >= 4 is 56.1 Å². The summed E-state index contributed by atoms with van der Waals surface area (Å²) in [4.78, 5) is 14.1.